The first-order valence-corrected chi connectivity index (χ1v) is 31.9. The Morgan fingerprint density at radius 2 is 0.766 bits per heavy atom. The molecule has 2 heterocycles. The highest BCUT2D eigenvalue weighted by Crippen LogP contribution is 2.27. The molecule has 454 valence electrons. The molecule has 77 heavy (non-hydrogen) atoms. The van der Waals surface area contributed by atoms with Gasteiger partial charge in [0.05, 0.1) is 26.4 Å². The summed E-state index contributed by atoms with van der Waals surface area (Å²) in [4.78, 5) is 13.1. The number of aliphatic hydroxyl groups is 7. The van der Waals surface area contributed by atoms with E-state index in [1.807, 2.05) is 0 Å². The van der Waals surface area contributed by atoms with E-state index in [0.29, 0.717) is 13.0 Å². The Balaban J connectivity index is 1.66. The first kappa shape index (κ1) is 71.6. The molecule has 2 aliphatic rings. The number of carbonyl (C=O) groups excluding carboxylic acids is 1. The van der Waals surface area contributed by atoms with Crippen molar-refractivity contribution in [2.45, 2.75) is 338 Å². The molecular formula is C63H118O14. The predicted octanol–water partition coefficient (Wildman–Crippen LogP) is 12.3. The zero-order valence-electron chi connectivity index (χ0n) is 49.0. The highest BCUT2D eigenvalue weighted by Gasteiger charge is 2.47. The summed E-state index contributed by atoms with van der Waals surface area (Å²) < 4.78 is 34.5. The summed E-state index contributed by atoms with van der Waals surface area (Å²) in [6.45, 7) is 3.73. The van der Waals surface area contributed by atoms with E-state index in [2.05, 4.69) is 38.2 Å². The third kappa shape index (κ3) is 36.5. The molecule has 2 fully saturated rings. The van der Waals surface area contributed by atoms with Crippen LogP contribution in [0, 0.1) is 0 Å². The Kier molecular flexibility index (Phi) is 46.7. The molecule has 2 saturated heterocycles. The maximum atomic E-state index is 13.1. The fourth-order valence-corrected chi connectivity index (χ4v) is 10.3. The monoisotopic (exact) mass is 1100 g/mol. The van der Waals surface area contributed by atoms with Crippen LogP contribution in [0.3, 0.4) is 0 Å². The van der Waals surface area contributed by atoms with Gasteiger partial charge in [0.25, 0.3) is 0 Å². The second kappa shape index (κ2) is 50.2. The van der Waals surface area contributed by atoms with Crippen LogP contribution in [0.1, 0.15) is 271 Å². The normalized spacial score (nSPS) is 24.4. The number of rotatable bonds is 53. The van der Waals surface area contributed by atoms with Crippen LogP contribution in [0.15, 0.2) is 24.3 Å². The van der Waals surface area contributed by atoms with Gasteiger partial charge in [0.1, 0.15) is 54.9 Å². The molecule has 14 nitrogen and oxygen atoms in total. The zero-order valence-corrected chi connectivity index (χ0v) is 49.0. The molecule has 2 aliphatic heterocycles. The second-order valence-electron chi connectivity index (χ2n) is 22.6. The molecule has 0 aromatic rings. The summed E-state index contributed by atoms with van der Waals surface area (Å²) in [5.74, 6) is -0.372. The Labute approximate surface area is 468 Å². The highest BCUT2D eigenvalue weighted by atomic mass is 16.7. The fraction of sp³-hybridized carbons (Fsp3) is 0.921. The Morgan fingerprint density at radius 1 is 0.416 bits per heavy atom. The van der Waals surface area contributed by atoms with E-state index in [1.54, 1.807) is 0 Å². The Hall–Kier alpha value is -1.53. The fourth-order valence-electron chi connectivity index (χ4n) is 10.3. The largest absolute Gasteiger partial charge is 0.457 e. The van der Waals surface area contributed by atoms with Gasteiger partial charge in [0, 0.05) is 13.0 Å². The minimum atomic E-state index is -1.71. The van der Waals surface area contributed by atoms with E-state index in [-0.39, 0.29) is 25.6 Å². The van der Waals surface area contributed by atoms with E-state index < -0.39 is 80.7 Å². The van der Waals surface area contributed by atoms with Crippen LogP contribution in [-0.4, -0.2) is 142 Å². The molecule has 14 heteroatoms. The number of esters is 1. The van der Waals surface area contributed by atoms with Gasteiger partial charge in [-0.1, -0.05) is 224 Å². The van der Waals surface area contributed by atoms with Gasteiger partial charge in [-0.2, -0.15) is 0 Å². The molecule has 11 unspecified atom stereocenters. The predicted molar refractivity (Wildman–Crippen MR) is 307 cm³/mol. The van der Waals surface area contributed by atoms with Crippen molar-refractivity contribution in [1.82, 2.24) is 0 Å². The number of unbranched alkanes of at least 4 members (excludes halogenated alkanes) is 35. The molecule has 2 rings (SSSR count). The summed E-state index contributed by atoms with van der Waals surface area (Å²) in [6.07, 6.45) is 42.4. The average Bonchev–Trinajstić information content (AvgIpc) is 3.43. The quantitative estimate of drug-likeness (QED) is 0.0172. The number of ether oxygens (including phenoxy) is 6. The number of hydrogen-bond donors (Lipinski definition) is 7. The van der Waals surface area contributed by atoms with Crippen LogP contribution >= 0.6 is 0 Å². The third-order valence-corrected chi connectivity index (χ3v) is 15.4. The van der Waals surface area contributed by atoms with Crippen LogP contribution in [0.25, 0.3) is 0 Å². The van der Waals surface area contributed by atoms with Crippen LogP contribution in [0.4, 0.5) is 0 Å². The summed E-state index contributed by atoms with van der Waals surface area (Å²) in [6, 6.07) is 0. The van der Waals surface area contributed by atoms with Gasteiger partial charge in [-0.15, -0.1) is 0 Å². The number of allylic oxidation sites excluding steroid dienone is 4. The average molecular weight is 1100 g/mol. The molecule has 0 aromatic heterocycles. The van der Waals surface area contributed by atoms with Crippen molar-refractivity contribution >= 4 is 5.97 Å². The molecule has 0 bridgehead atoms. The lowest BCUT2D eigenvalue weighted by molar-refractivity contribution is -0.332. The molecule has 11 atom stereocenters. The SMILES string of the molecule is CCCCCCCC/C=C\CCCCCCCCCCOCC(COC1OC(COC2OC(CO)C(O)C(O)C2O)C(O)C(O)C1O)OC(=O)CCCCCCCCCCCCCCC/C=C\CCCCCCCCCC. The number of aliphatic hydroxyl groups excluding tert-OH is 7. The van der Waals surface area contributed by atoms with Crippen LogP contribution in [0.2, 0.25) is 0 Å². The van der Waals surface area contributed by atoms with Gasteiger partial charge in [0.15, 0.2) is 12.6 Å². The van der Waals surface area contributed by atoms with Crippen molar-refractivity contribution in [2.75, 3.05) is 33.0 Å². The van der Waals surface area contributed by atoms with Crippen molar-refractivity contribution in [3.05, 3.63) is 24.3 Å². The van der Waals surface area contributed by atoms with E-state index in [1.165, 1.54) is 205 Å². The first-order chi connectivity index (χ1) is 37.6. The third-order valence-electron chi connectivity index (χ3n) is 15.4. The molecule has 7 N–H and O–H groups in total. The van der Waals surface area contributed by atoms with Crippen molar-refractivity contribution in [1.29, 1.82) is 0 Å². The molecule has 0 saturated carbocycles. The lowest BCUT2D eigenvalue weighted by Gasteiger charge is -2.42. The lowest BCUT2D eigenvalue weighted by atomic mass is 9.98. The summed E-state index contributed by atoms with van der Waals surface area (Å²) >= 11 is 0. The van der Waals surface area contributed by atoms with Gasteiger partial charge in [-0.3, -0.25) is 4.79 Å². The minimum absolute atomic E-state index is 0.0634. The van der Waals surface area contributed by atoms with Gasteiger partial charge in [-0.25, -0.2) is 0 Å². The van der Waals surface area contributed by atoms with Gasteiger partial charge in [-0.05, 0) is 64.2 Å². The highest BCUT2D eigenvalue weighted by molar-refractivity contribution is 5.69. The van der Waals surface area contributed by atoms with Crippen LogP contribution < -0.4 is 0 Å². The van der Waals surface area contributed by atoms with Crippen molar-refractivity contribution in [3.63, 3.8) is 0 Å². The lowest BCUT2D eigenvalue weighted by Crippen LogP contribution is -2.61. The summed E-state index contributed by atoms with van der Waals surface area (Å²) in [5.41, 5.74) is 0. The van der Waals surface area contributed by atoms with E-state index in [0.717, 1.165) is 38.5 Å². The number of carbonyl (C=O) groups is 1. The van der Waals surface area contributed by atoms with Crippen LogP contribution in [0.5, 0.6) is 0 Å². The molecular weight excluding hydrogens is 981 g/mol. The van der Waals surface area contributed by atoms with E-state index in [4.69, 9.17) is 28.4 Å². The first-order valence-electron chi connectivity index (χ1n) is 31.9. The maximum absolute atomic E-state index is 13.1. The van der Waals surface area contributed by atoms with E-state index >= 15 is 0 Å². The molecule has 0 spiro atoms. The maximum Gasteiger partial charge on any atom is 0.306 e. The van der Waals surface area contributed by atoms with Gasteiger partial charge < -0.3 is 64.2 Å². The smallest absolute Gasteiger partial charge is 0.306 e. The second-order valence-corrected chi connectivity index (χ2v) is 22.6. The molecule has 0 aromatic carbocycles. The topological polar surface area (TPSA) is 214 Å². The van der Waals surface area contributed by atoms with Crippen molar-refractivity contribution in [2.24, 2.45) is 0 Å². The molecule has 0 aliphatic carbocycles. The van der Waals surface area contributed by atoms with Gasteiger partial charge >= 0.3 is 5.97 Å². The summed E-state index contributed by atoms with van der Waals surface area (Å²) in [5, 5.41) is 72.5. The van der Waals surface area contributed by atoms with Crippen molar-refractivity contribution < 1.29 is 69.0 Å². The standard InChI is InChI=1S/C63H118O14/c1-3-5-7-9-11-13-15-17-19-21-23-24-25-26-27-28-29-30-32-34-36-38-40-42-44-46-55(65)75-52(49-72-47-45-43-41-39-37-35-33-31-22-20-18-16-14-12-10-8-6-4-2)50-73-62-61(71)59(69)57(67)54(77-62)51-74-63-60(70)58(68)56(66)53(48-64)76-63/h18,20-21,23,52-54,56-64,66-71H,3-17,19,22,24-51H2,1-2H3/b20-18-,23-21-. The summed E-state index contributed by atoms with van der Waals surface area (Å²) in [7, 11) is 0. The van der Waals surface area contributed by atoms with E-state index in [9.17, 15) is 40.5 Å². The van der Waals surface area contributed by atoms with Crippen molar-refractivity contribution in [3.8, 4) is 0 Å². The van der Waals surface area contributed by atoms with Crippen LogP contribution in [-0.2, 0) is 33.2 Å². The zero-order chi connectivity index (χ0) is 55.8. The minimum Gasteiger partial charge on any atom is -0.457 e. The molecule has 0 radical (unpaired) electrons. The molecule has 0 amide bonds. The number of hydrogen-bond acceptors (Lipinski definition) is 14. The van der Waals surface area contributed by atoms with Gasteiger partial charge in [0.2, 0.25) is 0 Å². The Bertz CT molecular complexity index is 1370. The Morgan fingerprint density at radius 3 is 1.18 bits per heavy atom.